The van der Waals surface area contributed by atoms with Crippen LogP contribution in [0.15, 0.2) is 59.4 Å². The zero-order valence-electron chi connectivity index (χ0n) is 16.0. The van der Waals surface area contributed by atoms with Crippen molar-refractivity contribution in [1.29, 1.82) is 0 Å². The molecule has 0 saturated carbocycles. The first-order valence-electron chi connectivity index (χ1n) is 9.37. The van der Waals surface area contributed by atoms with Gasteiger partial charge in [-0.05, 0) is 37.6 Å². The summed E-state index contributed by atoms with van der Waals surface area (Å²) in [5.41, 5.74) is 0.784. The topological polar surface area (TPSA) is 51.5 Å². The molecule has 3 rings (SSSR count). The molecule has 0 unspecified atom stereocenters. The Bertz CT molecular complexity index is 1050. The van der Waals surface area contributed by atoms with Gasteiger partial charge in [0, 0.05) is 24.5 Å². The molecule has 1 amide bonds. The van der Waals surface area contributed by atoms with Gasteiger partial charge in [-0.15, -0.1) is 0 Å². The lowest BCUT2D eigenvalue weighted by Crippen LogP contribution is -2.36. The van der Waals surface area contributed by atoms with Gasteiger partial charge in [0.05, 0.1) is 11.2 Å². The molecule has 0 aliphatic heterocycles. The number of halogens is 1. The Balaban J connectivity index is 1.88. The number of benzene rings is 2. The van der Waals surface area contributed by atoms with Crippen molar-refractivity contribution in [2.45, 2.75) is 26.8 Å². The maximum atomic E-state index is 14.2. The summed E-state index contributed by atoms with van der Waals surface area (Å²) in [6, 6.07) is 15.0. The average Bonchev–Trinajstić information content (AvgIpc) is 2.71. The average molecular weight is 382 g/mol. The highest BCUT2D eigenvalue weighted by Gasteiger charge is 2.19. The van der Waals surface area contributed by atoms with Crippen LogP contribution in [0.3, 0.4) is 0 Å². The predicted octanol–water partition coefficient (Wildman–Crippen LogP) is 3.98. The number of aromatic nitrogens is 1. The molecule has 5 nitrogen and oxygen atoms in total. The maximum absolute atomic E-state index is 14.2. The van der Waals surface area contributed by atoms with E-state index in [1.165, 1.54) is 17.0 Å². The molecule has 1 heterocycles. The number of amides is 1. The van der Waals surface area contributed by atoms with Gasteiger partial charge in [-0.2, -0.15) is 0 Å². The monoisotopic (exact) mass is 382 g/mol. The Morgan fingerprint density at radius 1 is 1.11 bits per heavy atom. The van der Waals surface area contributed by atoms with Gasteiger partial charge in [0.1, 0.15) is 11.6 Å². The van der Waals surface area contributed by atoms with Gasteiger partial charge in [-0.1, -0.05) is 31.2 Å². The fraction of sp³-hybridized carbons (Fsp3) is 0.273. The van der Waals surface area contributed by atoms with E-state index < -0.39 is 5.82 Å². The molecule has 0 aliphatic carbocycles. The second-order valence-corrected chi connectivity index (χ2v) is 6.39. The van der Waals surface area contributed by atoms with E-state index >= 15 is 0 Å². The minimum absolute atomic E-state index is 0.192. The Labute approximate surface area is 163 Å². The molecule has 6 heteroatoms. The fourth-order valence-corrected chi connectivity index (χ4v) is 3.24. The molecule has 0 saturated heterocycles. The molecular weight excluding hydrogens is 359 g/mol. The summed E-state index contributed by atoms with van der Waals surface area (Å²) in [4.78, 5) is 26.5. The Morgan fingerprint density at radius 3 is 2.54 bits per heavy atom. The zero-order valence-corrected chi connectivity index (χ0v) is 16.0. The highest BCUT2D eigenvalue weighted by atomic mass is 19.1. The molecule has 0 atom stereocenters. The first-order chi connectivity index (χ1) is 13.6. The Kier molecular flexibility index (Phi) is 6.09. The summed E-state index contributed by atoms with van der Waals surface area (Å²) < 4.78 is 21.5. The second kappa shape index (κ2) is 8.69. The number of carbonyl (C=O) groups excluding carboxylic acids is 1. The van der Waals surface area contributed by atoms with Crippen molar-refractivity contribution < 1.29 is 13.9 Å². The number of aryl methyl sites for hydroxylation is 1. The van der Waals surface area contributed by atoms with Gasteiger partial charge < -0.3 is 14.2 Å². The van der Waals surface area contributed by atoms with E-state index in [4.69, 9.17) is 4.74 Å². The van der Waals surface area contributed by atoms with Crippen LogP contribution in [-0.2, 0) is 11.3 Å². The predicted molar refractivity (Wildman–Crippen MR) is 108 cm³/mol. The molecule has 3 aromatic rings. The number of anilines is 1. The van der Waals surface area contributed by atoms with E-state index in [0.717, 1.165) is 10.9 Å². The number of carbonyl (C=O) groups is 1. The highest BCUT2D eigenvalue weighted by molar-refractivity contribution is 5.95. The van der Waals surface area contributed by atoms with Crippen molar-refractivity contribution in [2.24, 2.45) is 0 Å². The standard InChI is InChI=1S/C22H23FN2O3/c1-3-13-25(19-12-8-6-10-17(19)23)22(27)15-28-20-14-21(26)24(4-2)18-11-7-5-9-16(18)20/h5-12,14H,3-4,13,15H2,1-2H3. The number of pyridine rings is 1. The summed E-state index contributed by atoms with van der Waals surface area (Å²) >= 11 is 0. The summed E-state index contributed by atoms with van der Waals surface area (Å²) in [5, 5.41) is 0.754. The highest BCUT2D eigenvalue weighted by Crippen LogP contribution is 2.24. The quantitative estimate of drug-likeness (QED) is 0.621. The summed E-state index contributed by atoms with van der Waals surface area (Å²) in [6.07, 6.45) is 0.676. The SMILES string of the molecule is CCCN(C(=O)COc1cc(=O)n(CC)c2ccccc12)c1ccccc1F. The van der Waals surface area contributed by atoms with Crippen LogP contribution < -0.4 is 15.2 Å². The van der Waals surface area contributed by atoms with Crippen molar-refractivity contribution in [3.8, 4) is 5.75 Å². The van der Waals surface area contributed by atoms with E-state index in [2.05, 4.69) is 0 Å². The van der Waals surface area contributed by atoms with Crippen LogP contribution >= 0.6 is 0 Å². The van der Waals surface area contributed by atoms with Gasteiger partial charge in [0.15, 0.2) is 6.61 Å². The molecular formula is C22H23FN2O3. The van der Waals surface area contributed by atoms with Crippen molar-refractivity contribution in [2.75, 3.05) is 18.1 Å². The largest absolute Gasteiger partial charge is 0.483 e. The molecule has 0 N–H and O–H groups in total. The van der Waals surface area contributed by atoms with Crippen LogP contribution in [0.2, 0.25) is 0 Å². The van der Waals surface area contributed by atoms with E-state index in [9.17, 15) is 14.0 Å². The Hall–Kier alpha value is -3.15. The van der Waals surface area contributed by atoms with Gasteiger partial charge >= 0.3 is 0 Å². The van der Waals surface area contributed by atoms with Gasteiger partial charge in [-0.25, -0.2) is 4.39 Å². The third-order valence-corrected chi connectivity index (χ3v) is 4.54. The number of hydrogen-bond acceptors (Lipinski definition) is 3. The van der Waals surface area contributed by atoms with E-state index in [-0.39, 0.29) is 23.8 Å². The molecule has 0 spiro atoms. The number of rotatable bonds is 7. The van der Waals surface area contributed by atoms with Gasteiger partial charge in [0.25, 0.3) is 11.5 Å². The van der Waals surface area contributed by atoms with E-state index in [1.54, 1.807) is 22.8 Å². The van der Waals surface area contributed by atoms with E-state index in [1.807, 2.05) is 38.1 Å². The van der Waals surface area contributed by atoms with Crippen molar-refractivity contribution >= 4 is 22.5 Å². The summed E-state index contributed by atoms with van der Waals surface area (Å²) in [5.74, 6) is -0.473. The van der Waals surface area contributed by atoms with Gasteiger partial charge in [0.2, 0.25) is 0 Å². The lowest BCUT2D eigenvalue weighted by Gasteiger charge is -2.23. The third kappa shape index (κ3) is 3.91. The molecule has 0 radical (unpaired) electrons. The molecule has 2 aromatic carbocycles. The lowest BCUT2D eigenvalue weighted by atomic mass is 10.2. The first-order valence-corrected chi connectivity index (χ1v) is 9.37. The molecule has 28 heavy (non-hydrogen) atoms. The minimum Gasteiger partial charge on any atom is -0.483 e. The van der Waals surface area contributed by atoms with E-state index in [0.29, 0.717) is 25.3 Å². The minimum atomic E-state index is -0.458. The molecule has 146 valence electrons. The second-order valence-electron chi connectivity index (χ2n) is 6.39. The van der Waals surface area contributed by atoms with Gasteiger partial charge in [-0.3, -0.25) is 9.59 Å². The lowest BCUT2D eigenvalue weighted by molar-refractivity contribution is -0.120. The molecule has 0 bridgehead atoms. The molecule has 0 fully saturated rings. The van der Waals surface area contributed by atoms with Crippen LogP contribution in [-0.4, -0.2) is 23.6 Å². The van der Waals surface area contributed by atoms with Crippen molar-refractivity contribution in [3.63, 3.8) is 0 Å². The van der Waals surface area contributed by atoms with Crippen LogP contribution in [0.5, 0.6) is 5.75 Å². The molecule has 0 aliphatic rings. The summed E-state index contributed by atoms with van der Waals surface area (Å²) in [7, 11) is 0. The Morgan fingerprint density at radius 2 is 1.82 bits per heavy atom. The number of hydrogen-bond donors (Lipinski definition) is 0. The third-order valence-electron chi connectivity index (χ3n) is 4.54. The molecule has 1 aromatic heterocycles. The smallest absolute Gasteiger partial charge is 0.264 e. The number of fused-ring (bicyclic) bond motifs is 1. The van der Waals surface area contributed by atoms with Crippen LogP contribution in [0, 0.1) is 5.82 Å². The fourth-order valence-electron chi connectivity index (χ4n) is 3.24. The van der Waals surface area contributed by atoms with Crippen LogP contribution in [0.25, 0.3) is 10.9 Å². The van der Waals surface area contributed by atoms with Crippen LogP contribution in [0.4, 0.5) is 10.1 Å². The summed E-state index contributed by atoms with van der Waals surface area (Å²) in [6.45, 7) is 4.44. The number of para-hydroxylation sites is 2. The first kappa shape index (κ1) is 19.6. The number of nitrogens with zero attached hydrogens (tertiary/aromatic N) is 2. The normalized spacial score (nSPS) is 10.8. The van der Waals surface area contributed by atoms with Crippen LogP contribution in [0.1, 0.15) is 20.3 Å². The maximum Gasteiger partial charge on any atom is 0.264 e. The number of ether oxygens (including phenoxy) is 1. The van der Waals surface area contributed by atoms with Crippen molar-refractivity contribution in [1.82, 2.24) is 4.57 Å². The van der Waals surface area contributed by atoms with Crippen molar-refractivity contribution in [3.05, 3.63) is 70.8 Å². The zero-order chi connectivity index (χ0) is 20.1.